The van der Waals surface area contributed by atoms with Gasteiger partial charge in [-0.2, -0.15) is 17.0 Å². The van der Waals surface area contributed by atoms with Crippen molar-refractivity contribution in [3.8, 4) is 0 Å². The van der Waals surface area contributed by atoms with Crippen molar-refractivity contribution in [3.05, 3.63) is 0 Å². The maximum Gasteiger partial charge on any atom is 0.318 e. The van der Waals surface area contributed by atoms with Crippen LogP contribution >= 0.6 is 0 Å². The van der Waals surface area contributed by atoms with Gasteiger partial charge in [0.05, 0.1) is 0 Å². The quantitative estimate of drug-likeness (QED) is 0.680. The second kappa shape index (κ2) is 4.46. The summed E-state index contributed by atoms with van der Waals surface area (Å²) in [7, 11) is -0.854. The molecule has 1 fully saturated rings. The summed E-state index contributed by atoms with van der Waals surface area (Å²) in [5.74, 6) is -0.705. The third-order valence-electron chi connectivity index (χ3n) is 2.36. The molecule has 0 radical (unpaired) electrons. The van der Waals surface area contributed by atoms with Crippen LogP contribution in [0.2, 0.25) is 0 Å². The number of carboxylic acid groups (broad SMARTS) is 1. The van der Waals surface area contributed by atoms with E-state index in [1.165, 1.54) is 18.4 Å². The van der Waals surface area contributed by atoms with Crippen molar-refractivity contribution < 1.29 is 18.3 Å². The second-order valence-corrected chi connectivity index (χ2v) is 6.02. The highest BCUT2D eigenvalue weighted by Crippen LogP contribution is 2.30. The van der Waals surface area contributed by atoms with E-state index in [-0.39, 0.29) is 0 Å². The average molecular weight is 236 g/mol. The van der Waals surface area contributed by atoms with Crippen LogP contribution in [0.15, 0.2) is 0 Å². The Morgan fingerprint density at radius 1 is 1.33 bits per heavy atom. The van der Waals surface area contributed by atoms with E-state index in [9.17, 15) is 13.2 Å². The van der Waals surface area contributed by atoms with Gasteiger partial charge in [-0.25, -0.2) is 0 Å². The molecule has 0 spiro atoms. The van der Waals surface area contributed by atoms with E-state index in [0.717, 1.165) is 17.1 Å². The molecule has 0 aromatic rings. The molecule has 1 N–H and O–H groups in total. The third-order valence-corrected chi connectivity index (χ3v) is 4.21. The van der Waals surface area contributed by atoms with Gasteiger partial charge in [-0.15, -0.1) is 0 Å². The summed E-state index contributed by atoms with van der Waals surface area (Å²) in [6.07, 6.45) is 2.12. The molecule has 0 aromatic carbocycles. The van der Waals surface area contributed by atoms with Crippen LogP contribution in [0.5, 0.6) is 0 Å². The molecule has 0 aliphatic heterocycles. The first-order valence-corrected chi connectivity index (χ1v) is 6.13. The first-order chi connectivity index (χ1) is 6.84. The van der Waals surface area contributed by atoms with Gasteiger partial charge in [0.15, 0.2) is 0 Å². The fourth-order valence-electron chi connectivity index (χ4n) is 1.27. The minimum absolute atomic E-state index is 0.447. The highest BCUT2D eigenvalue weighted by Gasteiger charge is 2.31. The number of likely N-dealkylation sites (N-methyl/N-ethyl adjacent to an activating group) is 1. The van der Waals surface area contributed by atoms with Crippen LogP contribution in [0.3, 0.4) is 0 Å². The van der Waals surface area contributed by atoms with Crippen LogP contribution in [0.4, 0.5) is 0 Å². The molecule has 0 bridgehead atoms. The van der Waals surface area contributed by atoms with Crippen molar-refractivity contribution in [2.24, 2.45) is 5.92 Å². The van der Waals surface area contributed by atoms with Crippen molar-refractivity contribution in [1.82, 2.24) is 8.61 Å². The van der Waals surface area contributed by atoms with Crippen molar-refractivity contribution in [2.75, 3.05) is 27.2 Å². The van der Waals surface area contributed by atoms with E-state index in [0.29, 0.717) is 12.5 Å². The van der Waals surface area contributed by atoms with Gasteiger partial charge >= 0.3 is 5.97 Å². The van der Waals surface area contributed by atoms with Gasteiger partial charge in [0.2, 0.25) is 0 Å². The monoisotopic (exact) mass is 236 g/mol. The van der Waals surface area contributed by atoms with Gasteiger partial charge < -0.3 is 5.11 Å². The lowest BCUT2D eigenvalue weighted by atomic mass is 10.4. The fourth-order valence-corrected chi connectivity index (χ4v) is 2.42. The van der Waals surface area contributed by atoms with Crippen LogP contribution in [0.1, 0.15) is 12.8 Å². The van der Waals surface area contributed by atoms with Gasteiger partial charge in [-0.05, 0) is 18.8 Å². The lowest BCUT2D eigenvalue weighted by Crippen LogP contribution is -2.42. The number of nitrogens with zero attached hydrogens (tertiary/aromatic N) is 2. The van der Waals surface area contributed by atoms with Gasteiger partial charge in [-0.1, -0.05) is 0 Å². The summed E-state index contributed by atoms with van der Waals surface area (Å²) < 4.78 is 25.5. The summed E-state index contributed by atoms with van der Waals surface area (Å²) in [4.78, 5) is 10.4. The normalized spacial score (nSPS) is 17.3. The SMILES string of the molecule is CN(CC(=O)O)S(=O)(=O)N(C)CC1CC1. The van der Waals surface area contributed by atoms with E-state index >= 15 is 0 Å². The lowest BCUT2D eigenvalue weighted by molar-refractivity contribution is -0.137. The summed E-state index contributed by atoms with van der Waals surface area (Å²) in [6.45, 7) is -0.0242. The number of rotatable bonds is 6. The summed E-state index contributed by atoms with van der Waals surface area (Å²) in [5, 5.41) is 8.50. The molecule has 0 atom stereocenters. The topological polar surface area (TPSA) is 77.9 Å². The van der Waals surface area contributed by atoms with Crippen molar-refractivity contribution >= 4 is 16.2 Å². The number of aliphatic carboxylic acids is 1. The Morgan fingerprint density at radius 3 is 2.27 bits per heavy atom. The van der Waals surface area contributed by atoms with Gasteiger partial charge in [-0.3, -0.25) is 4.79 Å². The molecule has 0 aromatic heterocycles. The highest BCUT2D eigenvalue weighted by molar-refractivity contribution is 7.86. The largest absolute Gasteiger partial charge is 0.480 e. The van der Waals surface area contributed by atoms with Gasteiger partial charge in [0, 0.05) is 20.6 Å². The van der Waals surface area contributed by atoms with Crippen LogP contribution in [0.25, 0.3) is 0 Å². The zero-order valence-corrected chi connectivity index (χ0v) is 9.70. The molecule has 88 valence electrons. The van der Waals surface area contributed by atoms with E-state index in [1.54, 1.807) is 0 Å². The molecule has 1 aliphatic rings. The Bertz CT molecular complexity index is 337. The summed E-state index contributed by atoms with van der Waals surface area (Å²) in [5.41, 5.74) is 0. The number of hydrogen-bond donors (Lipinski definition) is 1. The number of carbonyl (C=O) groups is 1. The Morgan fingerprint density at radius 2 is 1.87 bits per heavy atom. The maximum absolute atomic E-state index is 11.7. The molecule has 1 rings (SSSR count). The number of hydrogen-bond acceptors (Lipinski definition) is 3. The molecular formula is C8H16N2O4S. The van der Waals surface area contributed by atoms with Crippen LogP contribution in [0, 0.1) is 5.92 Å². The molecule has 0 unspecified atom stereocenters. The smallest absolute Gasteiger partial charge is 0.318 e. The van der Waals surface area contributed by atoms with Crippen molar-refractivity contribution in [1.29, 1.82) is 0 Å². The maximum atomic E-state index is 11.7. The molecule has 0 saturated heterocycles. The van der Waals surface area contributed by atoms with E-state index < -0.39 is 22.7 Å². The fraction of sp³-hybridized carbons (Fsp3) is 0.875. The lowest BCUT2D eigenvalue weighted by Gasteiger charge is -2.22. The standard InChI is InChI=1S/C8H16N2O4S/c1-9(5-7-3-4-7)15(13,14)10(2)6-8(11)12/h7H,3-6H2,1-2H3,(H,11,12). The Kier molecular flexibility index (Phi) is 3.69. The predicted octanol–water partition coefficient (Wildman–Crippen LogP) is -0.411. The third kappa shape index (κ3) is 3.44. The first-order valence-electron chi connectivity index (χ1n) is 4.73. The number of carboxylic acids is 1. The van der Waals surface area contributed by atoms with E-state index in [2.05, 4.69) is 0 Å². The molecular weight excluding hydrogens is 220 g/mol. The summed E-state index contributed by atoms with van der Waals surface area (Å²) >= 11 is 0. The van der Waals surface area contributed by atoms with Crippen LogP contribution in [-0.4, -0.2) is 55.3 Å². The Hall–Kier alpha value is -0.660. The molecule has 15 heavy (non-hydrogen) atoms. The minimum atomic E-state index is -3.60. The first kappa shape index (κ1) is 12.4. The zero-order chi connectivity index (χ0) is 11.6. The highest BCUT2D eigenvalue weighted by atomic mass is 32.2. The second-order valence-electron chi connectivity index (χ2n) is 3.88. The van der Waals surface area contributed by atoms with Gasteiger partial charge in [0.1, 0.15) is 6.54 Å². The Balaban J connectivity index is 2.58. The Labute approximate surface area is 89.7 Å². The minimum Gasteiger partial charge on any atom is -0.480 e. The molecule has 0 amide bonds. The molecule has 0 heterocycles. The van der Waals surface area contributed by atoms with E-state index in [4.69, 9.17) is 5.11 Å². The molecule has 1 aliphatic carbocycles. The molecule has 1 saturated carbocycles. The van der Waals surface area contributed by atoms with Crippen molar-refractivity contribution in [3.63, 3.8) is 0 Å². The van der Waals surface area contributed by atoms with Crippen LogP contribution < -0.4 is 0 Å². The van der Waals surface area contributed by atoms with Crippen LogP contribution in [-0.2, 0) is 15.0 Å². The van der Waals surface area contributed by atoms with Crippen molar-refractivity contribution in [2.45, 2.75) is 12.8 Å². The zero-order valence-electron chi connectivity index (χ0n) is 8.88. The van der Waals surface area contributed by atoms with E-state index in [1.807, 2.05) is 0 Å². The predicted molar refractivity (Wildman–Crippen MR) is 54.5 cm³/mol. The van der Waals surface area contributed by atoms with Gasteiger partial charge in [0.25, 0.3) is 10.2 Å². The average Bonchev–Trinajstić information content (AvgIpc) is 2.86. The molecule has 6 nitrogen and oxygen atoms in total. The summed E-state index contributed by atoms with van der Waals surface area (Å²) in [6, 6.07) is 0. The molecule has 7 heteroatoms.